The van der Waals surface area contributed by atoms with E-state index in [0.29, 0.717) is 10.7 Å². The van der Waals surface area contributed by atoms with Crippen molar-refractivity contribution in [1.82, 2.24) is 0 Å². The molecular weight excluding hydrogens is 320 g/mol. The highest BCUT2D eigenvalue weighted by Crippen LogP contribution is 2.27. The smallest absolute Gasteiger partial charge is 0.310 e. The molecule has 0 saturated carbocycles. The van der Waals surface area contributed by atoms with Crippen molar-refractivity contribution in [3.63, 3.8) is 0 Å². The molecule has 6 nitrogen and oxygen atoms in total. The topological polar surface area (TPSA) is 81.5 Å². The Hall–Kier alpha value is -2.60. The van der Waals surface area contributed by atoms with Crippen molar-refractivity contribution in [1.29, 1.82) is 0 Å². The number of carbonyl (C=O) groups is 1. The predicted octanol–water partition coefficient (Wildman–Crippen LogP) is 3.96. The number of rotatable bonds is 5. The number of nitrogens with zero attached hydrogens (tertiary/aromatic N) is 1. The van der Waals surface area contributed by atoms with E-state index in [-0.39, 0.29) is 11.4 Å². The molecule has 2 aromatic carbocycles. The van der Waals surface area contributed by atoms with Gasteiger partial charge in [0.2, 0.25) is 0 Å². The van der Waals surface area contributed by atoms with Crippen molar-refractivity contribution >= 4 is 28.9 Å². The molecule has 2 aromatic rings. The molecule has 2 rings (SSSR count). The maximum atomic E-state index is 12.2. The molecule has 120 valence electrons. The van der Waals surface area contributed by atoms with Crippen LogP contribution in [-0.4, -0.2) is 16.9 Å². The molecule has 1 amide bonds. The summed E-state index contributed by atoms with van der Waals surface area (Å²) in [7, 11) is 0. The summed E-state index contributed by atoms with van der Waals surface area (Å²) >= 11 is 5.91. The molecule has 0 spiro atoms. The van der Waals surface area contributed by atoms with E-state index in [9.17, 15) is 14.9 Å². The molecule has 0 aliphatic carbocycles. The van der Waals surface area contributed by atoms with E-state index in [4.69, 9.17) is 16.3 Å². The van der Waals surface area contributed by atoms with Gasteiger partial charge in [-0.25, -0.2) is 0 Å². The Morgan fingerprint density at radius 3 is 2.70 bits per heavy atom. The summed E-state index contributed by atoms with van der Waals surface area (Å²) < 4.78 is 5.42. The molecule has 0 radical (unpaired) electrons. The van der Waals surface area contributed by atoms with Gasteiger partial charge in [-0.3, -0.25) is 14.9 Å². The Balaban J connectivity index is 2.12. The fourth-order valence-corrected chi connectivity index (χ4v) is 2.09. The molecule has 7 heteroatoms. The Morgan fingerprint density at radius 2 is 2.00 bits per heavy atom. The SMILES string of the molecule is Cc1ccc(Cl)cc1NC(=O)[C@H](C)Oc1ccccc1[N+](=O)[O-]. The number of para-hydroxylation sites is 2. The maximum absolute atomic E-state index is 12.2. The molecule has 0 fully saturated rings. The standard InChI is InChI=1S/C16H15ClN2O4/c1-10-7-8-12(17)9-13(10)18-16(20)11(2)23-15-6-4-3-5-14(15)19(21)22/h3-9,11H,1-2H3,(H,18,20)/t11-/m0/s1. The number of halogens is 1. The van der Waals surface area contributed by atoms with Gasteiger partial charge in [-0.2, -0.15) is 0 Å². The zero-order valence-electron chi connectivity index (χ0n) is 12.6. The number of anilines is 1. The Bertz CT molecular complexity index is 749. The van der Waals surface area contributed by atoms with Gasteiger partial charge in [0.15, 0.2) is 11.9 Å². The second-order valence-electron chi connectivity index (χ2n) is 4.93. The lowest BCUT2D eigenvalue weighted by atomic mass is 10.2. The summed E-state index contributed by atoms with van der Waals surface area (Å²) in [4.78, 5) is 22.6. The third kappa shape index (κ3) is 4.20. The van der Waals surface area contributed by atoms with Crippen LogP contribution in [0.4, 0.5) is 11.4 Å². The Kier molecular flexibility index (Phi) is 5.18. The molecule has 0 aliphatic heterocycles. The van der Waals surface area contributed by atoms with Gasteiger partial charge in [0.1, 0.15) is 0 Å². The van der Waals surface area contributed by atoms with Crippen LogP contribution in [0.3, 0.4) is 0 Å². The summed E-state index contributed by atoms with van der Waals surface area (Å²) in [6, 6.07) is 11.0. The van der Waals surface area contributed by atoms with Gasteiger partial charge in [0, 0.05) is 16.8 Å². The number of nitro benzene ring substituents is 1. The van der Waals surface area contributed by atoms with E-state index in [1.807, 2.05) is 6.92 Å². The molecule has 23 heavy (non-hydrogen) atoms. The van der Waals surface area contributed by atoms with Gasteiger partial charge in [-0.1, -0.05) is 29.8 Å². The number of hydrogen-bond donors (Lipinski definition) is 1. The van der Waals surface area contributed by atoms with Gasteiger partial charge >= 0.3 is 5.69 Å². The summed E-state index contributed by atoms with van der Waals surface area (Å²) in [5.41, 5.74) is 1.23. The number of nitrogens with one attached hydrogen (secondary N) is 1. The lowest BCUT2D eigenvalue weighted by Gasteiger charge is -2.15. The fraction of sp³-hybridized carbons (Fsp3) is 0.188. The molecule has 1 atom stereocenters. The van der Waals surface area contributed by atoms with E-state index in [2.05, 4.69) is 5.32 Å². The number of hydrogen-bond acceptors (Lipinski definition) is 4. The molecule has 0 aliphatic rings. The van der Waals surface area contributed by atoms with E-state index < -0.39 is 16.9 Å². The minimum atomic E-state index is -0.908. The first-order valence-electron chi connectivity index (χ1n) is 6.85. The van der Waals surface area contributed by atoms with Crippen LogP contribution in [0.2, 0.25) is 5.02 Å². The molecule has 0 aromatic heterocycles. The number of ether oxygens (including phenoxy) is 1. The van der Waals surface area contributed by atoms with Gasteiger partial charge in [0.05, 0.1) is 4.92 Å². The van der Waals surface area contributed by atoms with E-state index >= 15 is 0 Å². The molecular formula is C16H15ClN2O4. The number of carbonyl (C=O) groups excluding carboxylic acids is 1. The number of benzene rings is 2. The van der Waals surface area contributed by atoms with E-state index in [0.717, 1.165) is 5.56 Å². The molecule has 0 heterocycles. The number of amides is 1. The van der Waals surface area contributed by atoms with Crippen LogP contribution in [0.5, 0.6) is 5.75 Å². The van der Waals surface area contributed by atoms with Crippen LogP contribution >= 0.6 is 11.6 Å². The van der Waals surface area contributed by atoms with E-state index in [1.54, 1.807) is 24.3 Å². The zero-order chi connectivity index (χ0) is 17.0. The highest BCUT2D eigenvalue weighted by atomic mass is 35.5. The molecule has 0 bridgehead atoms. The summed E-state index contributed by atoms with van der Waals surface area (Å²) in [6.07, 6.45) is -0.908. The van der Waals surface area contributed by atoms with Gasteiger partial charge in [-0.05, 0) is 37.6 Å². The monoisotopic (exact) mass is 334 g/mol. The van der Waals surface area contributed by atoms with E-state index in [1.165, 1.54) is 25.1 Å². The molecule has 1 N–H and O–H groups in total. The van der Waals surface area contributed by atoms with Crippen LogP contribution in [0.1, 0.15) is 12.5 Å². The minimum Gasteiger partial charge on any atom is -0.474 e. The highest BCUT2D eigenvalue weighted by Gasteiger charge is 2.21. The van der Waals surface area contributed by atoms with Crippen LogP contribution in [0.15, 0.2) is 42.5 Å². The van der Waals surface area contributed by atoms with Crippen LogP contribution in [0, 0.1) is 17.0 Å². The van der Waals surface area contributed by atoms with Crippen molar-refractivity contribution < 1.29 is 14.5 Å². The first-order valence-corrected chi connectivity index (χ1v) is 7.23. The van der Waals surface area contributed by atoms with Crippen LogP contribution in [0.25, 0.3) is 0 Å². The average molecular weight is 335 g/mol. The third-order valence-electron chi connectivity index (χ3n) is 3.19. The maximum Gasteiger partial charge on any atom is 0.310 e. The predicted molar refractivity (Wildman–Crippen MR) is 88.0 cm³/mol. The zero-order valence-corrected chi connectivity index (χ0v) is 13.3. The number of nitro groups is 1. The normalized spacial score (nSPS) is 11.6. The summed E-state index contributed by atoms with van der Waals surface area (Å²) in [5, 5.41) is 14.2. The van der Waals surface area contributed by atoms with Crippen molar-refractivity contribution in [3.05, 3.63) is 63.2 Å². The molecule has 0 unspecified atom stereocenters. The Labute approximate surface area is 138 Å². The van der Waals surface area contributed by atoms with Gasteiger partial charge in [0.25, 0.3) is 5.91 Å². The highest BCUT2D eigenvalue weighted by molar-refractivity contribution is 6.31. The number of aryl methyl sites for hydroxylation is 1. The minimum absolute atomic E-state index is 0.0444. The quantitative estimate of drug-likeness (QED) is 0.662. The Morgan fingerprint density at radius 1 is 1.30 bits per heavy atom. The second kappa shape index (κ2) is 7.11. The molecule has 0 saturated heterocycles. The fourth-order valence-electron chi connectivity index (χ4n) is 1.91. The first kappa shape index (κ1) is 16.8. The lowest BCUT2D eigenvalue weighted by molar-refractivity contribution is -0.386. The van der Waals surface area contributed by atoms with Crippen molar-refractivity contribution in [3.8, 4) is 5.75 Å². The van der Waals surface area contributed by atoms with Crippen LogP contribution < -0.4 is 10.1 Å². The van der Waals surface area contributed by atoms with Crippen molar-refractivity contribution in [2.45, 2.75) is 20.0 Å². The lowest BCUT2D eigenvalue weighted by Crippen LogP contribution is -2.30. The second-order valence-corrected chi connectivity index (χ2v) is 5.37. The van der Waals surface area contributed by atoms with Crippen molar-refractivity contribution in [2.75, 3.05) is 5.32 Å². The largest absolute Gasteiger partial charge is 0.474 e. The van der Waals surface area contributed by atoms with Crippen LogP contribution in [-0.2, 0) is 4.79 Å². The summed E-state index contributed by atoms with van der Waals surface area (Å²) in [6.45, 7) is 3.35. The average Bonchev–Trinajstić information content (AvgIpc) is 2.51. The third-order valence-corrected chi connectivity index (χ3v) is 3.43. The van der Waals surface area contributed by atoms with Gasteiger partial charge < -0.3 is 10.1 Å². The first-order chi connectivity index (χ1) is 10.9. The van der Waals surface area contributed by atoms with Gasteiger partial charge in [-0.15, -0.1) is 0 Å². The van der Waals surface area contributed by atoms with Crippen molar-refractivity contribution in [2.24, 2.45) is 0 Å². The summed E-state index contributed by atoms with van der Waals surface area (Å²) in [5.74, 6) is -0.378.